The van der Waals surface area contributed by atoms with Crippen LogP contribution in [-0.4, -0.2) is 31.7 Å². The molecule has 0 aromatic heterocycles. The number of nitrogens with one attached hydrogen (secondary N) is 1. The molecule has 1 saturated carbocycles. The van der Waals surface area contributed by atoms with Gasteiger partial charge in [0.25, 0.3) is 0 Å². The van der Waals surface area contributed by atoms with Crippen LogP contribution in [0.25, 0.3) is 0 Å². The topological polar surface area (TPSA) is 64.3 Å². The maximum Gasteiger partial charge on any atom is 0.222 e. The number of methoxy groups -OCH3 is 1. The van der Waals surface area contributed by atoms with Crippen molar-refractivity contribution in [3.8, 4) is 0 Å². The van der Waals surface area contributed by atoms with Crippen molar-refractivity contribution < 1.29 is 9.53 Å². The van der Waals surface area contributed by atoms with Gasteiger partial charge in [0.1, 0.15) is 0 Å². The number of ether oxygens (including phenoxy) is 1. The summed E-state index contributed by atoms with van der Waals surface area (Å²) in [7, 11) is 1.70. The third-order valence-electron chi connectivity index (χ3n) is 3.78. The number of rotatable bonds is 8. The van der Waals surface area contributed by atoms with Crippen LogP contribution in [0, 0.1) is 5.92 Å². The molecule has 1 aliphatic rings. The molecular formula is C13H26N2O2. The molecule has 100 valence electrons. The van der Waals surface area contributed by atoms with Crippen molar-refractivity contribution in [2.24, 2.45) is 11.7 Å². The van der Waals surface area contributed by atoms with Gasteiger partial charge < -0.3 is 15.8 Å². The lowest BCUT2D eigenvalue weighted by Gasteiger charge is -2.39. The summed E-state index contributed by atoms with van der Waals surface area (Å²) in [4.78, 5) is 11.7. The molecule has 3 N–H and O–H groups in total. The van der Waals surface area contributed by atoms with Crippen LogP contribution in [0.2, 0.25) is 0 Å². The summed E-state index contributed by atoms with van der Waals surface area (Å²) >= 11 is 0. The molecule has 0 aliphatic heterocycles. The molecule has 0 aromatic rings. The molecule has 1 rings (SSSR count). The fraction of sp³-hybridized carbons (Fsp3) is 0.923. The van der Waals surface area contributed by atoms with Crippen LogP contribution in [0.5, 0.6) is 0 Å². The van der Waals surface area contributed by atoms with Gasteiger partial charge in [-0.3, -0.25) is 4.79 Å². The average Bonchev–Trinajstić information content (AvgIpc) is 2.29. The highest BCUT2D eigenvalue weighted by Gasteiger charge is 2.38. The first-order valence-corrected chi connectivity index (χ1v) is 6.64. The summed E-state index contributed by atoms with van der Waals surface area (Å²) in [5.41, 5.74) is 5.38. The number of hydrogen-bond donors (Lipinski definition) is 2. The molecule has 4 nitrogen and oxygen atoms in total. The van der Waals surface area contributed by atoms with Crippen molar-refractivity contribution >= 4 is 5.91 Å². The van der Waals surface area contributed by atoms with E-state index >= 15 is 0 Å². The lowest BCUT2D eigenvalue weighted by Crippen LogP contribution is -2.44. The minimum Gasteiger partial charge on any atom is -0.378 e. The van der Waals surface area contributed by atoms with Crippen molar-refractivity contribution in [1.82, 2.24) is 5.32 Å². The largest absolute Gasteiger partial charge is 0.378 e. The van der Waals surface area contributed by atoms with Crippen LogP contribution in [0.4, 0.5) is 0 Å². The Balaban J connectivity index is 2.09. The van der Waals surface area contributed by atoms with E-state index in [0.717, 1.165) is 38.8 Å². The summed E-state index contributed by atoms with van der Waals surface area (Å²) in [5.74, 6) is 0.663. The van der Waals surface area contributed by atoms with E-state index in [2.05, 4.69) is 12.2 Å². The van der Waals surface area contributed by atoms with Gasteiger partial charge in [-0.1, -0.05) is 6.92 Å². The average molecular weight is 242 g/mol. The lowest BCUT2D eigenvalue weighted by molar-refractivity contribution is -0.134. The van der Waals surface area contributed by atoms with E-state index in [9.17, 15) is 4.79 Å². The maximum atomic E-state index is 11.7. The van der Waals surface area contributed by atoms with Crippen LogP contribution >= 0.6 is 0 Å². The lowest BCUT2D eigenvalue weighted by atomic mass is 9.77. The zero-order chi connectivity index (χ0) is 12.7. The molecule has 0 bridgehead atoms. The normalized spacial score (nSPS) is 19.5. The summed E-state index contributed by atoms with van der Waals surface area (Å²) in [6, 6.07) is 0. The van der Waals surface area contributed by atoms with Crippen LogP contribution in [0.1, 0.15) is 45.4 Å². The van der Waals surface area contributed by atoms with Gasteiger partial charge in [-0.15, -0.1) is 0 Å². The van der Waals surface area contributed by atoms with Gasteiger partial charge in [0, 0.05) is 13.7 Å². The maximum absolute atomic E-state index is 11.7. The second kappa shape index (κ2) is 6.97. The Bertz CT molecular complexity index is 234. The highest BCUT2D eigenvalue weighted by molar-refractivity contribution is 5.77. The van der Waals surface area contributed by atoms with E-state index < -0.39 is 0 Å². The number of hydrogen-bond acceptors (Lipinski definition) is 3. The first-order chi connectivity index (χ1) is 8.12. The monoisotopic (exact) mass is 242 g/mol. The molecule has 1 unspecified atom stereocenters. The van der Waals surface area contributed by atoms with Crippen molar-refractivity contribution in [1.29, 1.82) is 0 Å². The van der Waals surface area contributed by atoms with Crippen molar-refractivity contribution in [3.63, 3.8) is 0 Å². The van der Waals surface area contributed by atoms with Crippen molar-refractivity contribution in [2.45, 2.75) is 51.0 Å². The highest BCUT2D eigenvalue weighted by atomic mass is 16.5. The SMILES string of the molecule is COC1(CC(=O)NCCCC(C)CN)CCC1. The summed E-state index contributed by atoms with van der Waals surface area (Å²) in [6.45, 7) is 3.61. The van der Waals surface area contributed by atoms with Gasteiger partial charge in [0.2, 0.25) is 5.91 Å². The van der Waals surface area contributed by atoms with E-state index in [1.807, 2.05) is 0 Å². The van der Waals surface area contributed by atoms with Crippen LogP contribution in [-0.2, 0) is 9.53 Å². The molecule has 1 atom stereocenters. The fourth-order valence-corrected chi connectivity index (χ4v) is 2.18. The number of nitrogens with two attached hydrogens (primary N) is 1. The van der Waals surface area contributed by atoms with E-state index in [-0.39, 0.29) is 11.5 Å². The molecule has 0 heterocycles. The van der Waals surface area contributed by atoms with E-state index in [0.29, 0.717) is 12.3 Å². The summed E-state index contributed by atoms with van der Waals surface area (Å²) < 4.78 is 5.43. The first kappa shape index (κ1) is 14.5. The van der Waals surface area contributed by atoms with E-state index in [1.165, 1.54) is 6.42 Å². The Morgan fingerprint density at radius 2 is 2.24 bits per heavy atom. The Kier molecular flexibility index (Phi) is 5.92. The molecule has 0 saturated heterocycles. The third kappa shape index (κ3) is 4.64. The quantitative estimate of drug-likeness (QED) is 0.633. The molecule has 1 aliphatic carbocycles. The smallest absolute Gasteiger partial charge is 0.222 e. The Hall–Kier alpha value is -0.610. The summed E-state index contributed by atoms with van der Waals surface area (Å²) in [6.07, 6.45) is 5.80. The zero-order valence-electron chi connectivity index (χ0n) is 11.1. The molecule has 0 spiro atoms. The number of carbonyl (C=O) groups excluding carboxylic acids is 1. The van der Waals surface area contributed by atoms with Gasteiger partial charge in [-0.2, -0.15) is 0 Å². The molecule has 0 radical (unpaired) electrons. The Morgan fingerprint density at radius 3 is 2.71 bits per heavy atom. The van der Waals surface area contributed by atoms with Gasteiger partial charge >= 0.3 is 0 Å². The van der Waals surface area contributed by atoms with Gasteiger partial charge in [-0.05, 0) is 44.6 Å². The first-order valence-electron chi connectivity index (χ1n) is 6.64. The highest BCUT2D eigenvalue weighted by Crippen LogP contribution is 2.37. The van der Waals surface area contributed by atoms with Crippen LogP contribution < -0.4 is 11.1 Å². The van der Waals surface area contributed by atoms with Gasteiger partial charge in [0.05, 0.1) is 12.0 Å². The molecule has 17 heavy (non-hydrogen) atoms. The van der Waals surface area contributed by atoms with Gasteiger partial charge in [-0.25, -0.2) is 0 Å². The van der Waals surface area contributed by atoms with E-state index in [1.54, 1.807) is 7.11 Å². The minimum atomic E-state index is -0.158. The standard InChI is InChI=1S/C13H26N2O2/c1-11(10-14)5-3-8-15-12(16)9-13(17-2)6-4-7-13/h11H,3-10,14H2,1-2H3,(H,15,16). The number of carbonyl (C=O) groups is 1. The third-order valence-corrected chi connectivity index (χ3v) is 3.78. The van der Waals surface area contributed by atoms with Crippen molar-refractivity contribution in [3.05, 3.63) is 0 Å². The minimum absolute atomic E-state index is 0.118. The van der Waals surface area contributed by atoms with Crippen LogP contribution in [0.15, 0.2) is 0 Å². The molecule has 1 amide bonds. The van der Waals surface area contributed by atoms with Crippen molar-refractivity contribution in [2.75, 3.05) is 20.2 Å². The zero-order valence-corrected chi connectivity index (χ0v) is 11.1. The van der Waals surface area contributed by atoms with E-state index in [4.69, 9.17) is 10.5 Å². The Morgan fingerprint density at radius 1 is 1.53 bits per heavy atom. The van der Waals surface area contributed by atoms with Gasteiger partial charge in [0.15, 0.2) is 0 Å². The molecule has 4 heteroatoms. The number of amides is 1. The Labute approximate surface area is 104 Å². The molecular weight excluding hydrogens is 216 g/mol. The molecule has 1 fully saturated rings. The molecule has 0 aromatic carbocycles. The van der Waals surface area contributed by atoms with Crippen LogP contribution in [0.3, 0.4) is 0 Å². The predicted molar refractivity (Wildman–Crippen MR) is 68.7 cm³/mol. The fourth-order valence-electron chi connectivity index (χ4n) is 2.18. The summed E-state index contributed by atoms with van der Waals surface area (Å²) in [5, 5.41) is 2.96. The second-order valence-corrected chi connectivity index (χ2v) is 5.25. The second-order valence-electron chi connectivity index (χ2n) is 5.25. The predicted octanol–water partition coefficient (Wildman–Crippen LogP) is 1.44.